The van der Waals surface area contributed by atoms with Crippen molar-refractivity contribution in [3.8, 4) is 0 Å². The minimum absolute atomic E-state index is 0. The number of aromatic nitrogens is 1. The van der Waals surface area contributed by atoms with Gasteiger partial charge in [0, 0.05) is 57.7 Å². The number of halogens is 2. The van der Waals surface area contributed by atoms with Crippen LogP contribution < -0.4 is 20.4 Å². The minimum Gasteiger partial charge on any atom is -0.370 e. The maximum Gasteiger partial charge on any atom is 0.191 e. The lowest BCUT2D eigenvalue weighted by molar-refractivity contribution is 0.608. The van der Waals surface area contributed by atoms with Crippen LogP contribution in [0.4, 0.5) is 15.9 Å². The number of hydrogen-bond donors (Lipinski definition) is 2. The highest BCUT2D eigenvalue weighted by molar-refractivity contribution is 14.0. The average Bonchev–Trinajstić information content (AvgIpc) is 3.19. The highest BCUT2D eigenvalue weighted by Crippen LogP contribution is 2.20. The minimum atomic E-state index is -0.275. The molecule has 2 N–H and O–H groups in total. The lowest BCUT2D eigenvalue weighted by atomic mass is 10.2. The van der Waals surface area contributed by atoms with E-state index in [1.165, 1.54) is 11.8 Å². The maximum atomic E-state index is 14.0. The van der Waals surface area contributed by atoms with Gasteiger partial charge in [-0.05, 0) is 37.6 Å². The molecule has 2 aromatic rings. The zero-order valence-electron chi connectivity index (χ0n) is 17.2. The molecule has 1 fully saturated rings. The Morgan fingerprint density at radius 3 is 2.76 bits per heavy atom. The van der Waals surface area contributed by atoms with Crippen molar-refractivity contribution in [2.45, 2.75) is 25.4 Å². The molecule has 2 atom stereocenters. The Morgan fingerprint density at radius 1 is 1.31 bits per heavy atom. The zero-order chi connectivity index (χ0) is 19.9. The van der Waals surface area contributed by atoms with E-state index in [4.69, 9.17) is 0 Å². The standard InChI is InChI=1S/C21H29FN6.HI/c1-16(27(3)18-8-5-4-6-9-18)14-25-21(23-2)26-17-11-13-28(15-17)20-19(22)10-7-12-24-20;/h4-10,12,16-17H,11,13-15H2,1-3H3,(H2,23,25,26);1H. The number of nitrogens with one attached hydrogen (secondary N) is 2. The number of aliphatic imine (C=N–C) groups is 1. The first-order valence-electron chi connectivity index (χ1n) is 9.69. The molecule has 2 heterocycles. The van der Waals surface area contributed by atoms with Crippen LogP contribution in [0.3, 0.4) is 0 Å². The average molecular weight is 512 g/mol. The van der Waals surface area contributed by atoms with Crippen LogP contribution in [0, 0.1) is 5.82 Å². The molecule has 0 amide bonds. The molecular formula is C21H30FIN6. The van der Waals surface area contributed by atoms with Gasteiger partial charge in [-0.15, -0.1) is 24.0 Å². The second-order valence-corrected chi connectivity index (χ2v) is 7.13. The van der Waals surface area contributed by atoms with Crippen LogP contribution in [0.25, 0.3) is 0 Å². The van der Waals surface area contributed by atoms with Gasteiger partial charge in [0.05, 0.1) is 0 Å². The van der Waals surface area contributed by atoms with E-state index >= 15 is 0 Å². The lowest BCUT2D eigenvalue weighted by Gasteiger charge is -2.28. The van der Waals surface area contributed by atoms with Gasteiger partial charge in [-0.25, -0.2) is 9.37 Å². The van der Waals surface area contributed by atoms with Gasteiger partial charge in [0.25, 0.3) is 0 Å². The first-order valence-corrected chi connectivity index (χ1v) is 9.69. The molecule has 29 heavy (non-hydrogen) atoms. The van der Waals surface area contributed by atoms with E-state index in [0.717, 1.165) is 25.5 Å². The molecule has 1 aromatic heterocycles. The molecular weight excluding hydrogens is 482 g/mol. The lowest BCUT2D eigenvalue weighted by Crippen LogP contribution is -2.48. The van der Waals surface area contributed by atoms with Gasteiger partial charge in [0.15, 0.2) is 17.6 Å². The fourth-order valence-electron chi connectivity index (χ4n) is 3.37. The Labute approximate surface area is 189 Å². The molecule has 158 valence electrons. The number of hydrogen-bond acceptors (Lipinski definition) is 4. The van der Waals surface area contributed by atoms with Crippen LogP contribution in [-0.4, -0.2) is 56.8 Å². The number of guanidine groups is 1. The van der Waals surface area contributed by atoms with E-state index < -0.39 is 0 Å². The smallest absolute Gasteiger partial charge is 0.191 e. The summed E-state index contributed by atoms with van der Waals surface area (Å²) in [5, 5.41) is 6.85. The molecule has 3 rings (SSSR count). The monoisotopic (exact) mass is 512 g/mol. The molecule has 1 saturated heterocycles. The largest absolute Gasteiger partial charge is 0.370 e. The number of benzene rings is 1. The van der Waals surface area contributed by atoms with Gasteiger partial charge in [-0.3, -0.25) is 4.99 Å². The van der Waals surface area contributed by atoms with Gasteiger partial charge >= 0.3 is 0 Å². The van der Waals surface area contributed by atoms with Crippen LogP contribution in [0.5, 0.6) is 0 Å². The third kappa shape index (κ3) is 6.19. The summed E-state index contributed by atoms with van der Waals surface area (Å²) in [6, 6.07) is 13.9. The van der Waals surface area contributed by atoms with Gasteiger partial charge < -0.3 is 20.4 Å². The van der Waals surface area contributed by atoms with Crippen molar-refractivity contribution in [3.05, 3.63) is 54.5 Å². The van der Waals surface area contributed by atoms with Crippen LogP contribution in [0.1, 0.15) is 13.3 Å². The molecule has 1 aliphatic rings. The Morgan fingerprint density at radius 2 is 2.07 bits per heavy atom. The van der Waals surface area contributed by atoms with Crippen molar-refractivity contribution in [2.75, 3.05) is 43.5 Å². The van der Waals surface area contributed by atoms with Gasteiger partial charge in [-0.1, -0.05) is 18.2 Å². The molecule has 1 aromatic carbocycles. The van der Waals surface area contributed by atoms with Crippen LogP contribution >= 0.6 is 24.0 Å². The van der Waals surface area contributed by atoms with Crippen molar-refractivity contribution in [3.63, 3.8) is 0 Å². The molecule has 0 radical (unpaired) electrons. The number of pyridine rings is 1. The van der Waals surface area contributed by atoms with E-state index in [2.05, 4.69) is 51.6 Å². The van der Waals surface area contributed by atoms with Gasteiger partial charge in [0.1, 0.15) is 0 Å². The van der Waals surface area contributed by atoms with Crippen molar-refractivity contribution >= 4 is 41.4 Å². The molecule has 2 unspecified atom stereocenters. The Bertz CT molecular complexity index is 788. The third-order valence-corrected chi connectivity index (χ3v) is 5.18. The van der Waals surface area contributed by atoms with Crippen LogP contribution in [0.2, 0.25) is 0 Å². The van der Waals surface area contributed by atoms with Crippen molar-refractivity contribution < 1.29 is 4.39 Å². The SMILES string of the molecule is CN=C(NCC(C)N(C)c1ccccc1)NC1CCN(c2ncccc2F)C1.I. The van der Waals surface area contributed by atoms with Crippen molar-refractivity contribution in [1.29, 1.82) is 0 Å². The fourth-order valence-corrected chi connectivity index (χ4v) is 3.37. The fraction of sp³-hybridized carbons (Fsp3) is 0.429. The normalized spacial score (nSPS) is 17.4. The predicted molar refractivity (Wildman–Crippen MR) is 129 cm³/mol. The molecule has 0 aliphatic carbocycles. The summed E-state index contributed by atoms with van der Waals surface area (Å²) in [5.41, 5.74) is 1.18. The first kappa shape index (κ1) is 23.2. The van der Waals surface area contributed by atoms with Crippen LogP contribution in [-0.2, 0) is 0 Å². The highest BCUT2D eigenvalue weighted by atomic mass is 127. The Balaban J connectivity index is 0.00000300. The predicted octanol–water partition coefficient (Wildman–Crippen LogP) is 3.11. The summed E-state index contributed by atoms with van der Waals surface area (Å²) in [4.78, 5) is 12.7. The van der Waals surface area contributed by atoms with E-state index in [0.29, 0.717) is 18.4 Å². The highest BCUT2D eigenvalue weighted by Gasteiger charge is 2.26. The number of likely N-dealkylation sites (N-methyl/N-ethyl adjacent to an activating group) is 1. The maximum absolute atomic E-state index is 14.0. The molecule has 0 spiro atoms. The zero-order valence-corrected chi connectivity index (χ0v) is 19.5. The number of para-hydroxylation sites is 1. The molecule has 0 bridgehead atoms. The summed E-state index contributed by atoms with van der Waals surface area (Å²) in [7, 11) is 3.86. The van der Waals surface area contributed by atoms with E-state index in [9.17, 15) is 4.39 Å². The van der Waals surface area contributed by atoms with E-state index in [-0.39, 0.29) is 35.8 Å². The quantitative estimate of drug-likeness (QED) is 0.354. The van der Waals surface area contributed by atoms with Crippen LogP contribution in [0.15, 0.2) is 53.7 Å². The third-order valence-electron chi connectivity index (χ3n) is 5.18. The molecule has 0 saturated carbocycles. The second-order valence-electron chi connectivity index (χ2n) is 7.13. The summed E-state index contributed by atoms with van der Waals surface area (Å²) in [6.45, 7) is 4.41. The number of anilines is 2. The molecule has 8 heteroatoms. The van der Waals surface area contributed by atoms with Crippen molar-refractivity contribution in [2.24, 2.45) is 4.99 Å². The topological polar surface area (TPSA) is 55.8 Å². The van der Waals surface area contributed by atoms with Crippen molar-refractivity contribution in [1.82, 2.24) is 15.6 Å². The van der Waals surface area contributed by atoms with Gasteiger partial charge in [0.2, 0.25) is 0 Å². The first-order chi connectivity index (χ1) is 13.6. The number of nitrogens with zero attached hydrogens (tertiary/aromatic N) is 4. The Kier molecular flexibility index (Phi) is 8.94. The Hall–Kier alpha value is -2.10. The summed E-state index contributed by atoms with van der Waals surface area (Å²) in [5.74, 6) is 0.915. The number of rotatable bonds is 6. The summed E-state index contributed by atoms with van der Waals surface area (Å²) < 4.78 is 14.0. The van der Waals surface area contributed by atoms with E-state index in [1.807, 2.05) is 23.1 Å². The van der Waals surface area contributed by atoms with Gasteiger partial charge in [-0.2, -0.15) is 0 Å². The molecule has 6 nitrogen and oxygen atoms in total. The second kappa shape index (κ2) is 11.2. The summed E-state index contributed by atoms with van der Waals surface area (Å²) in [6.07, 6.45) is 2.54. The molecule has 1 aliphatic heterocycles. The summed E-state index contributed by atoms with van der Waals surface area (Å²) >= 11 is 0. The van der Waals surface area contributed by atoms with E-state index in [1.54, 1.807) is 19.3 Å².